The lowest BCUT2D eigenvalue weighted by atomic mass is 10.2. The Morgan fingerprint density at radius 1 is 1.50 bits per heavy atom. The number of carbonyl (C=O) groups excluding carboxylic acids is 1. The Kier molecular flexibility index (Phi) is 2.66. The van der Waals surface area contributed by atoms with E-state index in [-0.39, 0.29) is 12.1 Å². The van der Waals surface area contributed by atoms with Crippen molar-refractivity contribution in [1.82, 2.24) is 20.2 Å². The van der Waals surface area contributed by atoms with Gasteiger partial charge in [0.05, 0.1) is 6.04 Å². The van der Waals surface area contributed by atoms with Crippen molar-refractivity contribution in [1.29, 1.82) is 0 Å². The highest BCUT2D eigenvalue weighted by Crippen LogP contribution is 2.19. The van der Waals surface area contributed by atoms with Crippen molar-refractivity contribution in [2.24, 2.45) is 0 Å². The fraction of sp³-hybridized carbons (Fsp3) is 0.545. The van der Waals surface area contributed by atoms with Crippen LogP contribution in [0.25, 0.3) is 0 Å². The van der Waals surface area contributed by atoms with Gasteiger partial charge in [-0.15, -0.1) is 0 Å². The van der Waals surface area contributed by atoms with E-state index in [0.29, 0.717) is 5.95 Å². The van der Waals surface area contributed by atoms with Crippen LogP contribution in [-0.2, 0) is 0 Å². The van der Waals surface area contributed by atoms with E-state index in [9.17, 15) is 4.79 Å². The smallest absolute Gasteiger partial charge is 0.317 e. The topological polar surface area (TPSA) is 73.4 Å². The summed E-state index contributed by atoms with van der Waals surface area (Å²) in [6.07, 6.45) is 1.75. The Bertz CT molecular complexity index is 465. The zero-order valence-electron chi connectivity index (χ0n) is 10.3. The number of anilines is 2. The summed E-state index contributed by atoms with van der Waals surface area (Å²) in [5.41, 5.74) is 0. The summed E-state index contributed by atoms with van der Waals surface area (Å²) < 4.78 is 0. The molecule has 1 atom stereocenters. The zero-order valence-corrected chi connectivity index (χ0v) is 10.3. The fourth-order valence-electron chi connectivity index (χ4n) is 2.46. The Morgan fingerprint density at radius 2 is 2.39 bits per heavy atom. The molecule has 1 unspecified atom stereocenters. The minimum atomic E-state index is 0.0539. The Morgan fingerprint density at radius 3 is 3.22 bits per heavy atom. The average Bonchev–Trinajstić information content (AvgIpc) is 2.80. The monoisotopic (exact) mass is 248 g/mol. The van der Waals surface area contributed by atoms with Crippen LogP contribution >= 0.6 is 0 Å². The average molecular weight is 248 g/mol. The van der Waals surface area contributed by atoms with Crippen molar-refractivity contribution in [3.63, 3.8) is 0 Å². The molecule has 7 heteroatoms. The Labute approximate surface area is 105 Å². The molecular formula is C11H16N6O. The number of hydrogen-bond acceptors (Lipinski definition) is 5. The van der Waals surface area contributed by atoms with Crippen molar-refractivity contribution in [3.05, 3.63) is 12.3 Å². The van der Waals surface area contributed by atoms with Gasteiger partial charge in [0, 0.05) is 39.4 Å². The molecule has 0 saturated carbocycles. The molecule has 2 aliphatic rings. The first kappa shape index (κ1) is 11.1. The first-order chi connectivity index (χ1) is 8.78. The molecule has 96 valence electrons. The second-order valence-electron chi connectivity index (χ2n) is 4.47. The van der Waals surface area contributed by atoms with E-state index >= 15 is 0 Å². The molecule has 2 aliphatic heterocycles. The molecule has 18 heavy (non-hydrogen) atoms. The number of urea groups is 1. The predicted molar refractivity (Wildman–Crippen MR) is 67.7 cm³/mol. The van der Waals surface area contributed by atoms with Crippen molar-refractivity contribution < 1.29 is 4.79 Å². The summed E-state index contributed by atoms with van der Waals surface area (Å²) in [4.78, 5) is 24.1. The quantitative estimate of drug-likeness (QED) is 0.754. The van der Waals surface area contributed by atoms with E-state index in [4.69, 9.17) is 0 Å². The molecule has 7 nitrogen and oxygen atoms in total. The molecule has 2 saturated heterocycles. The third-order valence-corrected chi connectivity index (χ3v) is 3.42. The van der Waals surface area contributed by atoms with Gasteiger partial charge in [-0.2, -0.15) is 4.98 Å². The van der Waals surface area contributed by atoms with Gasteiger partial charge in [0.2, 0.25) is 5.95 Å². The normalized spacial score (nSPS) is 22.7. The summed E-state index contributed by atoms with van der Waals surface area (Å²) in [7, 11) is 1.80. The third kappa shape index (κ3) is 1.81. The number of piperazine rings is 1. The molecule has 2 amide bonds. The molecule has 1 aromatic heterocycles. The van der Waals surface area contributed by atoms with Crippen molar-refractivity contribution in [3.8, 4) is 0 Å². The van der Waals surface area contributed by atoms with Crippen LogP contribution < -0.4 is 15.5 Å². The van der Waals surface area contributed by atoms with Gasteiger partial charge in [-0.3, -0.25) is 0 Å². The second kappa shape index (κ2) is 4.32. The van der Waals surface area contributed by atoms with Crippen LogP contribution in [0.15, 0.2) is 12.3 Å². The third-order valence-electron chi connectivity index (χ3n) is 3.42. The predicted octanol–water partition coefficient (Wildman–Crippen LogP) is -0.268. The summed E-state index contributed by atoms with van der Waals surface area (Å²) in [6.45, 7) is 3.09. The van der Waals surface area contributed by atoms with Crippen LogP contribution in [0.5, 0.6) is 0 Å². The van der Waals surface area contributed by atoms with Crippen molar-refractivity contribution in [2.75, 3.05) is 43.4 Å². The molecule has 2 fully saturated rings. The van der Waals surface area contributed by atoms with Crippen LogP contribution in [0.2, 0.25) is 0 Å². The number of nitrogens with zero attached hydrogens (tertiary/aromatic N) is 4. The van der Waals surface area contributed by atoms with Gasteiger partial charge < -0.3 is 20.4 Å². The molecule has 3 rings (SSSR count). The fourth-order valence-corrected chi connectivity index (χ4v) is 2.46. The minimum absolute atomic E-state index is 0.0539. The number of hydrogen-bond donors (Lipinski definition) is 2. The van der Waals surface area contributed by atoms with E-state index in [1.807, 2.05) is 11.0 Å². The second-order valence-corrected chi connectivity index (χ2v) is 4.47. The maximum atomic E-state index is 11.5. The van der Waals surface area contributed by atoms with Crippen LogP contribution in [0.3, 0.4) is 0 Å². The number of carbonyl (C=O) groups is 1. The van der Waals surface area contributed by atoms with E-state index < -0.39 is 0 Å². The molecule has 1 aromatic rings. The first-order valence-electron chi connectivity index (χ1n) is 6.08. The molecule has 0 aliphatic carbocycles. The van der Waals surface area contributed by atoms with Gasteiger partial charge >= 0.3 is 6.03 Å². The standard InChI is InChI=1S/C11H16N6O/c1-12-10-13-3-2-9(15-10)16-4-5-17-8(7-16)6-14-11(17)18/h2-3,8H,4-7H2,1H3,(H,14,18)(H,12,13,15). The summed E-state index contributed by atoms with van der Waals surface area (Å²) in [5, 5.41) is 5.81. The highest BCUT2D eigenvalue weighted by atomic mass is 16.2. The van der Waals surface area contributed by atoms with Crippen LogP contribution in [0.4, 0.5) is 16.6 Å². The summed E-state index contributed by atoms with van der Waals surface area (Å²) >= 11 is 0. The SMILES string of the molecule is CNc1nccc(N2CCN3C(=O)NCC3C2)n1. The first-order valence-corrected chi connectivity index (χ1v) is 6.08. The van der Waals surface area contributed by atoms with Gasteiger partial charge in [-0.1, -0.05) is 0 Å². The van der Waals surface area contributed by atoms with Crippen molar-refractivity contribution in [2.45, 2.75) is 6.04 Å². The van der Waals surface area contributed by atoms with Crippen LogP contribution in [0.1, 0.15) is 0 Å². The van der Waals surface area contributed by atoms with Gasteiger partial charge in [-0.25, -0.2) is 9.78 Å². The number of fused-ring (bicyclic) bond motifs is 1. The van der Waals surface area contributed by atoms with E-state index in [1.54, 1.807) is 13.2 Å². The van der Waals surface area contributed by atoms with E-state index in [0.717, 1.165) is 32.0 Å². The van der Waals surface area contributed by atoms with Crippen molar-refractivity contribution >= 4 is 17.8 Å². The minimum Gasteiger partial charge on any atom is -0.357 e. The Balaban J connectivity index is 1.76. The molecule has 0 bridgehead atoms. The molecular weight excluding hydrogens is 232 g/mol. The van der Waals surface area contributed by atoms with E-state index in [2.05, 4.69) is 25.5 Å². The maximum absolute atomic E-state index is 11.5. The zero-order chi connectivity index (χ0) is 12.5. The van der Waals surface area contributed by atoms with Gasteiger partial charge in [0.15, 0.2) is 0 Å². The summed E-state index contributed by atoms with van der Waals surface area (Å²) in [5.74, 6) is 1.53. The number of aromatic nitrogens is 2. The van der Waals surface area contributed by atoms with Gasteiger partial charge in [0.25, 0.3) is 0 Å². The molecule has 2 N–H and O–H groups in total. The molecule has 3 heterocycles. The molecule has 0 aromatic carbocycles. The molecule has 0 radical (unpaired) electrons. The number of rotatable bonds is 2. The highest BCUT2D eigenvalue weighted by molar-refractivity contribution is 5.77. The Hall–Kier alpha value is -2.05. The lowest BCUT2D eigenvalue weighted by molar-refractivity contribution is 0.197. The number of amides is 2. The van der Waals surface area contributed by atoms with Gasteiger partial charge in [-0.05, 0) is 6.07 Å². The lowest BCUT2D eigenvalue weighted by Crippen LogP contribution is -2.52. The molecule has 0 spiro atoms. The summed E-state index contributed by atoms with van der Waals surface area (Å²) in [6, 6.07) is 2.21. The maximum Gasteiger partial charge on any atom is 0.317 e. The van der Waals surface area contributed by atoms with Crippen LogP contribution in [0, 0.1) is 0 Å². The number of nitrogens with one attached hydrogen (secondary N) is 2. The largest absolute Gasteiger partial charge is 0.357 e. The van der Waals surface area contributed by atoms with Crippen LogP contribution in [-0.4, -0.2) is 60.2 Å². The van der Waals surface area contributed by atoms with Gasteiger partial charge in [0.1, 0.15) is 5.82 Å². The highest BCUT2D eigenvalue weighted by Gasteiger charge is 2.35. The lowest BCUT2D eigenvalue weighted by Gasteiger charge is -2.37. The van der Waals surface area contributed by atoms with E-state index in [1.165, 1.54) is 0 Å².